The fourth-order valence-electron chi connectivity index (χ4n) is 0.730. The van der Waals surface area contributed by atoms with Crippen molar-refractivity contribution in [1.29, 1.82) is 0 Å². The lowest BCUT2D eigenvalue weighted by Crippen LogP contribution is -2.10. The predicted molar refractivity (Wildman–Crippen MR) is 35.9 cm³/mol. The van der Waals surface area contributed by atoms with Gasteiger partial charge < -0.3 is 4.74 Å². The van der Waals surface area contributed by atoms with E-state index in [1.54, 1.807) is 0 Å². The van der Waals surface area contributed by atoms with Crippen molar-refractivity contribution in [2.75, 3.05) is 0 Å². The smallest absolute Gasteiger partial charge is 0.417 e. The van der Waals surface area contributed by atoms with Crippen LogP contribution in [0.4, 0.5) is 22.0 Å². The molecular weight excluding hydrogens is 209 g/mol. The summed E-state index contributed by atoms with van der Waals surface area (Å²) in [5.74, 6) is -0.755. The van der Waals surface area contributed by atoms with Gasteiger partial charge in [0.1, 0.15) is 5.69 Å². The molecule has 0 amide bonds. The Bertz CT molecular complexity index is 311. The molecule has 0 saturated heterocycles. The van der Waals surface area contributed by atoms with Gasteiger partial charge in [-0.15, -0.1) is 0 Å². The quantitative estimate of drug-likeness (QED) is 0.704. The van der Waals surface area contributed by atoms with E-state index in [1.807, 2.05) is 0 Å². The Labute approximate surface area is 75.3 Å². The van der Waals surface area contributed by atoms with Crippen molar-refractivity contribution in [2.24, 2.45) is 0 Å². The molecule has 0 aliphatic heterocycles. The minimum atomic E-state index is -4.67. The van der Waals surface area contributed by atoms with Gasteiger partial charge in [0, 0.05) is 6.07 Å². The third-order valence-corrected chi connectivity index (χ3v) is 1.22. The van der Waals surface area contributed by atoms with Crippen LogP contribution in [0.15, 0.2) is 18.2 Å². The minimum Gasteiger partial charge on any atom is -0.417 e. The van der Waals surface area contributed by atoms with E-state index in [-0.39, 0.29) is 0 Å². The average molecular weight is 213 g/mol. The normalized spacial score (nSPS) is 11.9. The van der Waals surface area contributed by atoms with E-state index >= 15 is 0 Å². The third kappa shape index (κ3) is 2.82. The molecule has 0 spiro atoms. The van der Waals surface area contributed by atoms with Crippen LogP contribution in [0.5, 0.6) is 5.88 Å². The number of rotatable bonds is 2. The summed E-state index contributed by atoms with van der Waals surface area (Å²) in [6.45, 7) is -3.19. The predicted octanol–water partition coefficient (Wildman–Crippen LogP) is 2.70. The maximum absolute atomic E-state index is 12.0. The largest absolute Gasteiger partial charge is 0.433 e. The maximum atomic E-state index is 12.0. The molecule has 1 aromatic rings. The fraction of sp³-hybridized carbons (Fsp3) is 0.286. The Morgan fingerprint density at radius 1 is 1.21 bits per heavy atom. The lowest BCUT2D eigenvalue weighted by Gasteiger charge is -2.07. The number of aromatic nitrogens is 1. The fourth-order valence-corrected chi connectivity index (χ4v) is 0.730. The third-order valence-electron chi connectivity index (χ3n) is 1.22. The molecule has 0 aromatic carbocycles. The molecule has 7 heteroatoms. The summed E-state index contributed by atoms with van der Waals surface area (Å²) in [6, 6.07) is 2.52. The highest BCUT2D eigenvalue weighted by molar-refractivity contribution is 5.17. The Morgan fingerprint density at radius 3 is 2.36 bits per heavy atom. The van der Waals surface area contributed by atoms with Crippen LogP contribution in [0.1, 0.15) is 5.69 Å². The van der Waals surface area contributed by atoms with Crippen LogP contribution in [-0.4, -0.2) is 11.6 Å². The van der Waals surface area contributed by atoms with Crippen molar-refractivity contribution >= 4 is 0 Å². The maximum Gasteiger partial charge on any atom is 0.433 e. The van der Waals surface area contributed by atoms with Crippen molar-refractivity contribution in [3.8, 4) is 5.88 Å². The lowest BCUT2D eigenvalue weighted by molar-refractivity contribution is -0.142. The minimum absolute atomic E-state index is 0.665. The van der Waals surface area contributed by atoms with Gasteiger partial charge in [0.05, 0.1) is 0 Å². The standard InChI is InChI=1S/C7H4F5NO/c8-6(9)14-5-3-1-2-4(13-5)7(10,11)12/h1-3,6H. The number of hydrogen-bond donors (Lipinski definition) is 0. The van der Waals surface area contributed by atoms with Gasteiger partial charge >= 0.3 is 12.8 Å². The van der Waals surface area contributed by atoms with Crippen LogP contribution >= 0.6 is 0 Å². The van der Waals surface area contributed by atoms with Crippen LogP contribution < -0.4 is 4.74 Å². The number of halogens is 5. The molecule has 14 heavy (non-hydrogen) atoms. The number of hydrogen-bond acceptors (Lipinski definition) is 2. The first-order chi connectivity index (χ1) is 6.39. The van der Waals surface area contributed by atoms with Crippen molar-refractivity contribution in [1.82, 2.24) is 4.98 Å². The topological polar surface area (TPSA) is 22.1 Å². The van der Waals surface area contributed by atoms with E-state index < -0.39 is 24.4 Å². The molecule has 1 rings (SSSR count). The summed E-state index contributed by atoms with van der Waals surface area (Å²) < 4.78 is 62.9. The highest BCUT2D eigenvalue weighted by Gasteiger charge is 2.32. The summed E-state index contributed by atoms with van der Waals surface area (Å²) >= 11 is 0. The first kappa shape index (κ1) is 10.7. The first-order valence-electron chi connectivity index (χ1n) is 3.38. The van der Waals surface area contributed by atoms with Gasteiger partial charge in [0.15, 0.2) is 0 Å². The molecule has 0 bridgehead atoms. The molecule has 0 N–H and O–H groups in total. The zero-order valence-electron chi connectivity index (χ0n) is 6.55. The molecular formula is C7H4F5NO. The second-order valence-corrected chi connectivity index (χ2v) is 2.24. The highest BCUT2D eigenvalue weighted by Crippen LogP contribution is 2.28. The van der Waals surface area contributed by atoms with E-state index in [2.05, 4.69) is 9.72 Å². The van der Waals surface area contributed by atoms with E-state index in [4.69, 9.17) is 0 Å². The average Bonchev–Trinajstić information content (AvgIpc) is 2.01. The summed E-state index contributed by atoms with van der Waals surface area (Å²) in [4.78, 5) is 2.86. The van der Waals surface area contributed by atoms with Crippen molar-refractivity contribution in [2.45, 2.75) is 12.8 Å². The summed E-state index contributed by atoms with van der Waals surface area (Å²) in [6.07, 6.45) is -4.67. The summed E-state index contributed by atoms with van der Waals surface area (Å²) in [5, 5.41) is 0. The highest BCUT2D eigenvalue weighted by atomic mass is 19.4. The summed E-state index contributed by atoms with van der Waals surface area (Å²) in [7, 11) is 0. The van der Waals surface area contributed by atoms with Gasteiger partial charge in [-0.25, -0.2) is 4.98 Å². The van der Waals surface area contributed by atoms with Gasteiger partial charge in [-0.1, -0.05) is 6.07 Å². The van der Waals surface area contributed by atoms with Crippen molar-refractivity contribution < 1.29 is 26.7 Å². The lowest BCUT2D eigenvalue weighted by atomic mass is 10.3. The van der Waals surface area contributed by atoms with Crippen LogP contribution in [0, 0.1) is 0 Å². The van der Waals surface area contributed by atoms with E-state index in [0.717, 1.165) is 12.1 Å². The monoisotopic (exact) mass is 213 g/mol. The number of pyridine rings is 1. The van der Waals surface area contributed by atoms with Gasteiger partial charge in [0.2, 0.25) is 5.88 Å². The molecule has 0 radical (unpaired) electrons. The number of ether oxygens (including phenoxy) is 1. The number of alkyl halides is 5. The zero-order chi connectivity index (χ0) is 10.8. The van der Waals surface area contributed by atoms with Gasteiger partial charge in [-0.3, -0.25) is 0 Å². The molecule has 1 heterocycles. The Morgan fingerprint density at radius 2 is 1.86 bits per heavy atom. The van der Waals surface area contributed by atoms with Crippen LogP contribution in [0.25, 0.3) is 0 Å². The van der Waals surface area contributed by atoms with Crippen molar-refractivity contribution in [3.05, 3.63) is 23.9 Å². The molecule has 0 aliphatic rings. The van der Waals surface area contributed by atoms with Gasteiger partial charge in [0.25, 0.3) is 0 Å². The Hall–Kier alpha value is -1.40. The van der Waals surface area contributed by atoms with E-state index in [1.165, 1.54) is 0 Å². The number of nitrogens with zero attached hydrogens (tertiary/aromatic N) is 1. The second kappa shape index (κ2) is 3.77. The van der Waals surface area contributed by atoms with Crippen LogP contribution in [0.3, 0.4) is 0 Å². The SMILES string of the molecule is FC(F)Oc1cccc(C(F)(F)F)n1. The first-order valence-corrected chi connectivity index (χ1v) is 3.38. The zero-order valence-corrected chi connectivity index (χ0v) is 6.55. The molecule has 0 aliphatic carbocycles. The summed E-state index contributed by atoms with van der Waals surface area (Å²) in [5.41, 5.74) is -1.27. The molecule has 78 valence electrons. The molecule has 2 nitrogen and oxygen atoms in total. The Balaban J connectivity index is 2.90. The molecule has 0 unspecified atom stereocenters. The van der Waals surface area contributed by atoms with Crippen LogP contribution in [0.2, 0.25) is 0 Å². The molecule has 0 fully saturated rings. The van der Waals surface area contributed by atoms with Gasteiger partial charge in [-0.05, 0) is 6.07 Å². The second-order valence-electron chi connectivity index (χ2n) is 2.24. The molecule has 0 atom stereocenters. The molecule has 1 aromatic heterocycles. The van der Waals surface area contributed by atoms with Crippen molar-refractivity contribution in [3.63, 3.8) is 0 Å². The Kier molecular flexibility index (Phi) is 2.87. The van der Waals surface area contributed by atoms with Crippen LogP contribution in [-0.2, 0) is 6.18 Å². The van der Waals surface area contributed by atoms with E-state index in [0.29, 0.717) is 6.07 Å². The molecule has 0 saturated carbocycles. The van der Waals surface area contributed by atoms with E-state index in [9.17, 15) is 22.0 Å². The van der Waals surface area contributed by atoms with Gasteiger partial charge in [-0.2, -0.15) is 22.0 Å².